The van der Waals surface area contributed by atoms with Crippen LogP contribution in [0, 0.1) is 0 Å². The van der Waals surface area contributed by atoms with Crippen LogP contribution in [0.5, 0.6) is 0 Å². The predicted molar refractivity (Wildman–Crippen MR) is 88.1 cm³/mol. The molecule has 0 unspecified atom stereocenters. The van der Waals surface area contributed by atoms with Gasteiger partial charge in [-0.15, -0.1) is 6.58 Å². The van der Waals surface area contributed by atoms with Gasteiger partial charge in [0, 0.05) is 27.7 Å². The minimum Gasteiger partial charge on any atom is -0.463 e. The Labute approximate surface area is 156 Å². The Morgan fingerprint density at radius 1 is 0.852 bits per heavy atom. The van der Waals surface area contributed by atoms with Gasteiger partial charge in [-0.25, -0.2) is 0 Å². The van der Waals surface area contributed by atoms with Crippen molar-refractivity contribution in [3.63, 3.8) is 0 Å². The molecule has 0 aromatic carbocycles. The highest BCUT2D eigenvalue weighted by Gasteiger charge is 2.52. The van der Waals surface area contributed by atoms with E-state index in [1.54, 1.807) is 0 Å². The average molecular weight is 388 g/mol. The van der Waals surface area contributed by atoms with Gasteiger partial charge in [0.2, 0.25) is 0 Å². The molecule has 1 fully saturated rings. The van der Waals surface area contributed by atoms with Crippen LogP contribution in [0.1, 0.15) is 27.7 Å². The second-order valence-corrected chi connectivity index (χ2v) is 5.69. The fourth-order valence-corrected chi connectivity index (χ4v) is 2.49. The van der Waals surface area contributed by atoms with E-state index in [-0.39, 0.29) is 13.2 Å². The van der Waals surface area contributed by atoms with E-state index in [1.807, 2.05) is 0 Å². The third-order valence-electron chi connectivity index (χ3n) is 3.33. The maximum Gasteiger partial charge on any atom is 0.303 e. The van der Waals surface area contributed by atoms with Crippen LogP contribution >= 0.6 is 0 Å². The topological polar surface area (TPSA) is 124 Å². The molecule has 0 N–H and O–H groups in total. The molecule has 27 heavy (non-hydrogen) atoms. The minimum atomic E-state index is -1.24. The van der Waals surface area contributed by atoms with E-state index < -0.39 is 54.6 Å². The van der Waals surface area contributed by atoms with Crippen LogP contribution in [0.25, 0.3) is 0 Å². The fourth-order valence-electron chi connectivity index (χ4n) is 2.49. The van der Waals surface area contributed by atoms with Crippen molar-refractivity contribution in [3.05, 3.63) is 12.7 Å². The third kappa shape index (κ3) is 7.35. The molecule has 0 amide bonds. The zero-order valence-corrected chi connectivity index (χ0v) is 15.7. The summed E-state index contributed by atoms with van der Waals surface area (Å²) in [4.78, 5) is 45.8. The van der Waals surface area contributed by atoms with E-state index in [0.717, 1.165) is 20.8 Å². The Hall–Kier alpha value is -2.46. The number of carbonyl (C=O) groups excluding carboxylic acids is 4. The first-order valence-corrected chi connectivity index (χ1v) is 8.18. The molecule has 0 bridgehead atoms. The SMILES string of the molecule is C=CCO[C@@H]1O[C@H](COC(C)=O)[C@@H](OC(C)=O)[C@@H](OC(C)=O)[C@H]1OC(C)=O. The zero-order valence-electron chi connectivity index (χ0n) is 15.7. The summed E-state index contributed by atoms with van der Waals surface area (Å²) in [5, 5.41) is 0. The largest absolute Gasteiger partial charge is 0.463 e. The van der Waals surface area contributed by atoms with Gasteiger partial charge >= 0.3 is 23.9 Å². The van der Waals surface area contributed by atoms with Crippen molar-refractivity contribution in [2.24, 2.45) is 0 Å². The molecule has 0 aromatic heterocycles. The van der Waals surface area contributed by atoms with E-state index in [9.17, 15) is 19.2 Å². The van der Waals surface area contributed by atoms with Crippen molar-refractivity contribution in [1.82, 2.24) is 0 Å². The summed E-state index contributed by atoms with van der Waals surface area (Å²) < 4.78 is 31.7. The number of carbonyl (C=O) groups is 4. The van der Waals surface area contributed by atoms with Crippen molar-refractivity contribution < 1.29 is 47.6 Å². The standard InChI is InChI=1S/C17H24O10/c1-6-7-22-17-16(26-12(5)21)15(25-11(4)20)14(24-10(3)19)13(27-17)8-23-9(2)18/h6,13-17H,1,7-8H2,2-5H3/t13-,14-,15-,16-,17-/m1/s1. The van der Waals surface area contributed by atoms with Crippen LogP contribution in [0.2, 0.25) is 0 Å². The molecule has 10 heteroatoms. The van der Waals surface area contributed by atoms with Gasteiger partial charge in [-0.05, 0) is 0 Å². The van der Waals surface area contributed by atoms with Gasteiger partial charge in [-0.1, -0.05) is 6.08 Å². The monoisotopic (exact) mass is 388 g/mol. The van der Waals surface area contributed by atoms with Gasteiger partial charge in [0.15, 0.2) is 24.6 Å². The Morgan fingerprint density at radius 3 is 1.85 bits per heavy atom. The first kappa shape index (κ1) is 22.6. The molecular formula is C17H24O10. The number of hydrogen-bond donors (Lipinski definition) is 0. The van der Waals surface area contributed by atoms with Crippen LogP contribution in [0.15, 0.2) is 12.7 Å². The summed E-state index contributed by atoms with van der Waals surface area (Å²) in [5.74, 6) is -2.67. The van der Waals surface area contributed by atoms with Crippen molar-refractivity contribution in [2.45, 2.75) is 58.4 Å². The Bertz CT molecular complexity index is 572. The molecule has 0 radical (unpaired) electrons. The average Bonchev–Trinajstić information content (AvgIpc) is 2.54. The quantitative estimate of drug-likeness (QED) is 0.325. The maximum absolute atomic E-state index is 11.6. The number of rotatable bonds is 8. The summed E-state index contributed by atoms with van der Waals surface area (Å²) in [7, 11) is 0. The van der Waals surface area contributed by atoms with E-state index in [2.05, 4.69) is 6.58 Å². The van der Waals surface area contributed by atoms with Gasteiger partial charge in [0.25, 0.3) is 0 Å². The molecule has 0 aromatic rings. The number of hydrogen-bond acceptors (Lipinski definition) is 10. The zero-order chi connectivity index (χ0) is 20.6. The molecule has 10 nitrogen and oxygen atoms in total. The van der Waals surface area contributed by atoms with Crippen LogP contribution in [-0.2, 0) is 47.6 Å². The molecule has 5 atom stereocenters. The van der Waals surface area contributed by atoms with Crippen molar-refractivity contribution in [1.29, 1.82) is 0 Å². The first-order valence-electron chi connectivity index (χ1n) is 8.18. The number of ether oxygens (including phenoxy) is 6. The molecule has 1 aliphatic rings. The van der Waals surface area contributed by atoms with Gasteiger partial charge in [0.05, 0.1) is 6.61 Å². The molecule has 0 saturated carbocycles. The van der Waals surface area contributed by atoms with E-state index in [4.69, 9.17) is 28.4 Å². The van der Waals surface area contributed by atoms with Gasteiger partial charge in [0.1, 0.15) is 12.7 Å². The minimum absolute atomic E-state index is 0.0355. The van der Waals surface area contributed by atoms with Gasteiger partial charge in [-0.2, -0.15) is 0 Å². The molecule has 152 valence electrons. The predicted octanol–water partition coefficient (Wildman–Crippen LogP) is 0.272. The molecule has 1 heterocycles. The summed E-state index contributed by atoms with van der Waals surface area (Å²) >= 11 is 0. The number of esters is 4. The van der Waals surface area contributed by atoms with Crippen molar-refractivity contribution in [3.8, 4) is 0 Å². The van der Waals surface area contributed by atoms with E-state index in [0.29, 0.717) is 0 Å². The highest BCUT2D eigenvalue weighted by Crippen LogP contribution is 2.29. The lowest BCUT2D eigenvalue weighted by atomic mass is 9.98. The lowest BCUT2D eigenvalue weighted by molar-refractivity contribution is -0.305. The smallest absolute Gasteiger partial charge is 0.303 e. The summed E-state index contributed by atoms with van der Waals surface area (Å²) in [6.07, 6.45) is -4.41. The van der Waals surface area contributed by atoms with Crippen molar-refractivity contribution >= 4 is 23.9 Å². The lowest BCUT2D eigenvalue weighted by Crippen LogP contribution is -2.62. The van der Waals surface area contributed by atoms with Crippen LogP contribution in [0.4, 0.5) is 0 Å². The Balaban J connectivity index is 3.24. The molecule has 1 aliphatic heterocycles. The second kappa shape index (κ2) is 10.6. The highest BCUT2D eigenvalue weighted by atomic mass is 16.7. The summed E-state index contributed by atoms with van der Waals surface area (Å²) in [5.41, 5.74) is 0. The third-order valence-corrected chi connectivity index (χ3v) is 3.33. The lowest BCUT2D eigenvalue weighted by Gasteiger charge is -2.43. The molecule has 1 rings (SSSR count). The fraction of sp³-hybridized carbons (Fsp3) is 0.647. The van der Waals surface area contributed by atoms with Gasteiger partial charge < -0.3 is 28.4 Å². The second-order valence-electron chi connectivity index (χ2n) is 5.69. The molecular weight excluding hydrogens is 364 g/mol. The summed E-state index contributed by atoms with van der Waals surface area (Å²) in [6, 6.07) is 0. The van der Waals surface area contributed by atoms with E-state index >= 15 is 0 Å². The molecule has 1 saturated heterocycles. The normalized spacial score (nSPS) is 27.2. The van der Waals surface area contributed by atoms with Crippen LogP contribution in [0.3, 0.4) is 0 Å². The molecule has 0 aliphatic carbocycles. The Kier molecular flexibility index (Phi) is 8.89. The Morgan fingerprint density at radius 2 is 1.37 bits per heavy atom. The maximum atomic E-state index is 11.6. The van der Waals surface area contributed by atoms with Crippen LogP contribution in [-0.4, -0.2) is 67.8 Å². The summed E-state index contributed by atoms with van der Waals surface area (Å²) in [6.45, 7) is 7.90. The first-order chi connectivity index (χ1) is 12.6. The van der Waals surface area contributed by atoms with Crippen LogP contribution < -0.4 is 0 Å². The highest BCUT2D eigenvalue weighted by molar-refractivity contribution is 5.68. The van der Waals surface area contributed by atoms with E-state index in [1.165, 1.54) is 13.0 Å². The van der Waals surface area contributed by atoms with Crippen molar-refractivity contribution in [2.75, 3.05) is 13.2 Å². The van der Waals surface area contributed by atoms with Gasteiger partial charge in [-0.3, -0.25) is 19.2 Å². The molecule has 0 spiro atoms.